The van der Waals surface area contributed by atoms with Crippen LogP contribution in [0.1, 0.15) is 24.0 Å². The van der Waals surface area contributed by atoms with Crippen molar-refractivity contribution in [2.45, 2.75) is 24.4 Å². The van der Waals surface area contributed by atoms with Crippen molar-refractivity contribution in [2.24, 2.45) is 0 Å². The van der Waals surface area contributed by atoms with Crippen molar-refractivity contribution in [1.29, 1.82) is 0 Å². The Labute approximate surface area is 183 Å². The van der Waals surface area contributed by atoms with Gasteiger partial charge >= 0.3 is 6.18 Å². The summed E-state index contributed by atoms with van der Waals surface area (Å²) in [5, 5.41) is 2.72. The third kappa shape index (κ3) is 4.59. The fourth-order valence-corrected chi connectivity index (χ4v) is 4.26. The summed E-state index contributed by atoms with van der Waals surface area (Å²) in [7, 11) is 0. The summed E-state index contributed by atoms with van der Waals surface area (Å²) in [5.41, 5.74) is -1.06. The van der Waals surface area contributed by atoms with Crippen molar-refractivity contribution < 1.29 is 31.8 Å². The zero-order chi connectivity index (χ0) is 22.8. The quantitative estimate of drug-likeness (QED) is 0.701. The van der Waals surface area contributed by atoms with Gasteiger partial charge in [0.25, 0.3) is 0 Å². The van der Waals surface area contributed by atoms with Gasteiger partial charge in [-0.15, -0.1) is 0 Å². The maximum absolute atomic E-state index is 14.8. The van der Waals surface area contributed by atoms with E-state index < -0.39 is 28.9 Å². The molecular formula is C23H24F4N2O3. The zero-order valence-electron chi connectivity index (χ0n) is 17.4. The standard InChI is InChI=1S/C23H24F4N2O3/c24-19-15-18(4-5-20(19)29-8-12-32-13-9-29)28-21(30)22(6-10-31-11-7-22)16-2-1-3-17(14-16)23(25,26)27/h1-5,14-15H,6-13H2,(H,28,30). The Kier molecular flexibility index (Phi) is 6.39. The molecule has 0 unspecified atom stereocenters. The largest absolute Gasteiger partial charge is 0.416 e. The van der Waals surface area contributed by atoms with Gasteiger partial charge in [0.15, 0.2) is 0 Å². The van der Waals surface area contributed by atoms with Crippen molar-refractivity contribution >= 4 is 17.3 Å². The van der Waals surface area contributed by atoms with Crippen LogP contribution in [0.3, 0.4) is 0 Å². The van der Waals surface area contributed by atoms with Gasteiger partial charge in [-0.05, 0) is 42.7 Å². The molecule has 9 heteroatoms. The van der Waals surface area contributed by atoms with E-state index in [-0.39, 0.29) is 37.3 Å². The molecule has 0 bridgehead atoms. The van der Waals surface area contributed by atoms with E-state index in [1.54, 1.807) is 12.1 Å². The summed E-state index contributed by atoms with van der Waals surface area (Å²) in [5.74, 6) is -0.955. The Balaban J connectivity index is 1.60. The van der Waals surface area contributed by atoms with Crippen LogP contribution < -0.4 is 10.2 Å². The molecule has 4 rings (SSSR count). The number of carbonyl (C=O) groups excluding carboxylic acids is 1. The van der Waals surface area contributed by atoms with Crippen molar-refractivity contribution in [2.75, 3.05) is 49.7 Å². The van der Waals surface area contributed by atoms with Crippen LogP contribution in [0.15, 0.2) is 42.5 Å². The molecule has 2 heterocycles. The average molecular weight is 452 g/mol. The number of nitrogens with one attached hydrogen (secondary N) is 1. The molecule has 172 valence electrons. The summed E-state index contributed by atoms with van der Waals surface area (Å²) in [6.45, 7) is 2.66. The van der Waals surface area contributed by atoms with Gasteiger partial charge in [0.05, 0.1) is 29.9 Å². The lowest BCUT2D eigenvalue weighted by Gasteiger charge is -2.36. The van der Waals surface area contributed by atoms with Gasteiger partial charge in [0, 0.05) is 32.0 Å². The second-order valence-electron chi connectivity index (χ2n) is 7.99. The molecule has 2 saturated heterocycles. The lowest BCUT2D eigenvalue weighted by Crippen LogP contribution is -2.45. The highest BCUT2D eigenvalue weighted by molar-refractivity contribution is 5.99. The third-order valence-corrected chi connectivity index (χ3v) is 6.08. The second-order valence-corrected chi connectivity index (χ2v) is 7.99. The Hall–Kier alpha value is -2.65. The number of carbonyl (C=O) groups is 1. The first-order valence-corrected chi connectivity index (χ1v) is 10.5. The van der Waals surface area contributed by atoms with Gasteiger partial charge < -0.3 is 19.7 Å². The minimum Gasteiger partial charge on any atom is -0.381 e. The summed E-state index contributed by atoms with van der Waals surface area (Å²) in [4.78, 5) is 15.2. The molecule has 2 aromatic rings. The predicted molar refractivity (Wildman–Crippen MR) is 111 cm³/mol. The number of anilines is 2. The highest BCUT2D eigenvalue weighted by Crippen LogP contribution is 2.39. The van der Waals surface area contributed by atoms with Gasteiger partial charge in [0.1, 0.15) is 5.82 Å². The fraction of sp³-hybridized carbons (Fsp3) is 0.435. The highest BCUT2D eigenvalue weighted by atomic mass is 19.4. The van der Waals surface area contributed by atoms with Crippen molar-refractivity contribution in [3.63, 3.8) is 0 Å². The number of alkyl halides is 3. The maximum Gasteiger partial charge on any atom is 0.416 e. The lowest BCUT2D eigenvalue weighted by atomic mass is 9.73. The molecule has 2 aliphatic rings. The van der Waals surface area contributed by atoms with Crippen LogP contribution in [0.25, 0.3) is 0 Å². The Bertz CT molecular complexity index is 968. The molecule has 2 aliphatic heterocycles. The van der Waals surface area contributed by atoms with E-state index in [1.807, 2.05) is 4.90 Å². The molecule has 0 aromatic heterocycles. The lowest BCUT2D eigenvalue weighted by molar-refractivity contribution is -0.138. The highest BCUT2D eigenvalue weighted by Gasteiger charge is 2.43. The summed E-state index contributed by atoms with van der Waals surface area (Å²) >= 11 is 0. The number of ether oxygens (including phenoxy) is 2. The molecule has 1 N–H and O–H groups in total. The van der Waals surface area contributed by atoms with E-state index in [4.69, 9.17) is 9.47 Å². The van der Waals surface area contributed by atoms with Crippen LogP contribution in [0.2, 0.25) is 0 Å². The van der Waals surface area contributed by atoms with E-state index >= 15 is 0 Å². The van der Waals surface area contributed by atoms with Crippen LogP contribution >= 0.6 is 0 Å². The van der Waals surface area contributed by atoms with Crippen molar-refractivity contribution in [1.82, 2.24) is 0 Å². The Morgan fingerprint density at radius 3 is 2.31 bits per heavy atom. The van der Waals surface area contributed by atoms with Gasteiger partial charge in [-0.1, -0.05) is 18.2 Å². The number of nitrogens with zero attached hydrogens (tertiary/aromatic N) is 1. The minimum absolute atomic E-state index is 0.231. The third-order valence-electron chi connectivity index (χ3n) is 6.08. The number of morpholine rings is 1. The number of amides is 1. The van der Waals surface area contributed by atoms with E-state index in [0.717, 1.165) is 12.1 Å². The van der Waals surface area contributed by atoms with Crippen LogP contribution in [0.5, 0.6) is 0 Å². The van der Waals surface area contributed by atoms with E-state index in [2.05, 4.69) is 5.32 Å². The normalized spacial score (nSPS) is 18.9. The number of hydrogen-bond acceptors (Lipinski definition) is 4. The topological polar surface area (TPSA) is 50.8 Å². The van der Waals surface area contributed by atoms with Gasteiger partial charge in [-0.25, -0.2) is 4.39 Å². The number of hydrogen-bond donors (Lipinski definition) is 1. The zero-order valence-corrected chi connectivity index (χ0v) is 17.4. The molecule has 5 nitrogen and oxygen atoms in total. The van der Waals surface area contributed by atoms with E-state index in [0.29, 0.717) is 32.0 Å². The number of benzene rings is 2. The Morgan fingerprint density at radius 2 is 1.66 bits per heavy atom. The summed E-state index contributed by atoms with van der Waals surface area (Å²) < 4.78 is 65.2. The smallest absolute Gasteiger partial charge is 0.381 e. The fourth-order valence-electron chi connectivity index (χ4n) is 4.26. The first-order chi connectivity index (χ1) is 15.3. The minimum atomic E-state index is -4.52. The average Bonchev–Trinajstić information content (AvgIpc) is 2.80. The first-order valence-electron chi connectivity index (χ1n) is 10.5. The second kappa shape index (κ2) is 9.07. The SMILES string of the molecule is O=C(Nc1ccc(N2CCOCC2)c(F)c1)C1(c2cccc(C(F)(F)F)c2)CCOCC1. The summed E-state index contributed by atoms with van der Waals surface area (Å²) in [6.07, 6.45) is -4.06. The molecule has 0 saturated carbocycles. The molecule has 0 aliphatic carbocycles. The first kappa shape index (κ1) is 22.5. The maximum atomic E-state index is 14.8. The molecule has 0 spiro atoms. The molecule has 1 amide bonds. The van der Waals surface area contributed by atoms with E-state index in [1.165, 1.54) is 18.2 Å². The molecule has 2 fully saturated rings. The number of rotatable bonds is 4. The van der Waals surface area contributed by atoms with Crippen molar-refractivity contribution in [3.05, 3.63) is 59.4 Å². The number of halogens is 4. The molecular weight excluding hydrogens is 428 g/mol. The van der Waals surface area contributed by atoms with Crippen LogP contribution in [0.4, 0.5) is 28.9 Å². The molecule has 0 radical (unpaired) electrons. The van der Waals surface area contributed by atoms with Gasteiger partial charge in [-0.2, -0.15) is 13.2 Å². The predicted octanol–water partition coefficient (Wildman–Crippen LogP) is 4.37. The van der Waals surface area contributed by atoms with Gasteiger partial charge in [0.2, 0.25) is 5.91 Å². The molecule has 0 atom stereocenters. The summed E-state index contributed by atoms with van der Waals surface area (Å²) in [6, 6.07) is 9.27. The van der Waals surface area contributed by atoms with E-state index in [9.17, 15) is 22.4 Å². The van der Waals surface area contributed by atoms with Crippen LogP contribution in [-0.4, -0.2) is 45.4 Å². The van der Waals surface area contributed by atoms with Gasteiger partial charge in [-0.3, -0.25) is 4.79 Å². The van der Waals surface area contributed by atoms with Crippen molar-refractivity contribution in [3.8, 4) is 0 Å². The molecule has 32 heavy (non-hydrogen) atoms. The van der Waals surface area contributed by atoms with Crippen LogP contribution in [0, 0.1) is 5.82 Å². The van der Waals surface area contributed by atoms with Crippen LogP contribution in [-0.2, 0) is 25.9 Å². The Morgan fingerprint density at radius 1 is 0.969 bits per heavy atom. The molecule has 2 aromatic carbocycles. The monoisotopic (exact) mass is 452 g/mol.